The van der Waals surface area contributed by atoms with Gasteiger partial charge >= 0.3 is 0 Å². The second kappa shape index (κ2) is 10.4. The molecule has 1 aliphatic heterocycles. The third-order valence-corrected chi connectivity index (χ3v) is 7.96. The molecule has 1 N–H and O–H groups in total. The molecule has 6 unspecified atom stereocenters. The van der Waals surface area contributed by atoms with Crippen LogP contribution in [-0.4, -0.2) is 40.5 Å². The zero-order chi connectivity index (χ0) is 21.0. The average molecular weight is 422 g/mol. The van der Waals surface area contributed by atoms with Crippen molar-refractivity contribution in [2.24, 2.45) is 11.8 Å². The van der Waals surface area contributed by atoms with Gasteiger partial charge in [-0.05, 0) is 59.3 Å². The lowest BCUT2D eigenvalue weighted by molar-refractivity contribution is -0.134. The molecule has 6 atom stereocenters. The van der Waals surface area contributed by atoms with E-state index < -0.39 is 0 Å². The van der Waals surface area contributed by atoms with Crippen molar-refractivity contribution < 1.29 is 9.53 Å². The Labute approximate surface area is 180 Å². The zero-order valence-electron chi connectivity index (χ0n) is 18.8. The number of thiazole rings is 1. The van der Waals surface area contributed by atoms with E-state index in [1.165, 1.54) is 25.7 Å². The first-order valence-corrected chi connectivity index (χ1v) is 12.4. The normalized spacial score (nSPS) is 29.8. The summed E-state index contributed by atoms with van der Waals surface area (Å²) >= 11 is 1.70. The van der Waals surface area contributed by atoms with Gasteiger partial charge in [-0.25, -0.2) is 4.98 Å². The fourth-order valence-electron chi connectivity index (χ4n) is 5.14. The number of likely N-dealkylation sites (tertiary alicyclic amines) is 1. The Hall–Kier alpha value is -0.980. The van der Waals surface area contributed by atoms with Crippen molar-refractivity contribution >= 4 is 17.2 Å². The van der Waals surface area contributed by atoms with Gasteiger partial charge in [0.25, 0.3) is 0 Å². The molecule has 0 aromatic carbocycles. The Bertz CT molecular complexity index is 664. The van der Waals surface area contributed by atoms with E-state index in [4.69, 9.17) is 9.72 Å². The fourth-order valence-corrected chi connectivity index (χ4v) is 5.96. The molecule has 29 heavy (non-hydrogen) atoms. The highest BCUT2D eigenvalue weighted by Crippen LogP contribution is 2.42. The smallest absolute Gasteiger partial charge is 0.223 e. The topological polar surface area (TPSA) is 54.5 Å². The molecule has 164 valence electrons. The number of amides is 1. The molecule has 2 aliphatic rings. The zero-order valence-corrected chi connectivity index (χ0v) is 19.6. The molecular weight excluding hydrogens is 382 g/mol. The molecule has 3 rings (SSSR count). The van der Waals surface area contributed by atoms with Crippen LogP contribution in [0.15, 0.2) is 5.38 Å². The van der Waals surface area contributed by atoms with E-state index in [1.54, 1.807) is 11.3 Å². The monoisotopic (exact) mass is 421 g/mol. The summed E-state index contributed by atoms with van der Waals surface area (Å²) in [5.74, 6) is 0.915. The molecule has 1 amide bonds. The van der Waals surface area contributed by atoms with Crippen LogP contribution in [0.5, 0.6) is 0 Å². The molecule has 1 aromatic heterocycles. The first-order valence-electron chi connectivity index (χ1n) is 11.6. The molecule has 1 saturated carbocycles. The highest BCUT2D eigenvalue weighted by Gasteiger charge is 2.45. The standard InChI is InChI=1S/C23H39N3O2S/c1-6-15(3)24-22(27)20-12-16(4)26(21-11-9-8-10-19(20)21)13-18-14-29-23(25-18)17(5)28-7-2/h14-17,19-21H,6-13H2,1-5H3,(H,24,27). The number of carbonyl (C=O) groups is 1. The minimum atomic E-state index is 0.0635. The third kappa shape index (κ3) is 5.39. The number of nitrogens with zero attached hydrogens (tertiary/aromatic N) is 2. The van der Waals surface area contributed by atoms with Gasteiger partial charge in [0, 0.05) is 42.6 Å². The lowest BCUT2D eigenvalue weighted by atomic mass is 9.69. The first-order chi connectivity index (χ1) is 13.9. The summed E-state index contributed by atoms with van der Waals surface area (Å²) in [6, 6.07) is 1.16. The van der Waals surface area contributed by atoms with Crippen LogP contribution in [0.2, 0.25) is 0 Å². The maximum Gasteiger partial charge on any atom is 0.223 e. The number of hydrogen-bond donors (Lipinski definition) is 1. The largest absolute Gasteiger partial charge is 0.372 e. The van der Waals surface area contributed by atoms with Crippen molar-refractivity contribution in [3.63, 3.8) is 0 Å². The number of nitrogens with one attached hydrogen (secondary N) is 1. The molecule has 1 saturated heterocycles. The van der Waals surface area contributed by atoms with E-state index in [0.29, 0.717) is 24.6 Å². The molecule has 5 nitrogen and oxygen atoms in total. The first kappa shape index (κ1) is 22.7. The Balaban J connectivity index is 1.71. The van der Waals surface area contributed by atoms with Gasteiger partial charge in [0.1, 0.15) is 11.1 Å². The maximum absolute atomic E-state index is 13.0. The van der Waals surface area contributed by atoms with Crippen molar-refractivity contribution in [3.05, 3.63) is 16.1 Å². The summed E-state index contributed by atoms with van der Waals surface area (Å²) in [5.41, 5.74) is 1.15. The number of fused-ring (bicyclic) bond motifs is 1. The van der Waals surface area contributed by atoms with Crippen LogP contribution >= 0.6 is 11.3 Å². The van der Waals surface area contributed by atoms with Crippen LogP contribution < -0.4 is 5.32 Å². The Morgan fingerprint density at radius 2 is 2.10 bits per heavy atom. The van der Waals surface area contributed by atoms with Gasteiger partial charge in [-0.1, -0.05) is 19.8 Å². The second-order valence-electron chi connectivity index (χ2n) is 8.97. The Morgan fingerprint density at radius 3 is 2.83 bits per heavy atom. The van der Waals surface area contributed by atoms with Gasteiger partial charge in [0.05, 0.1) is 5.69 Å². The van der Waals surface area contributed by atoms with Crippen LogP contribution in [0, 0.1) is 11.8 Å². The van der Waals surface area contributed by atoms with E-state index in [9.17, 15) is 4.79 Å². The fraction of sp³-hybridized carbons (Fsp3) is 0.826. The van der Waals surface area contributed by atoms with Crippen LogP contribution in [0.3, 0.4) is 0 Å². The highest BCUT2D eigenvalue weighted by atomic mass is 32.1. The van der Waals surface area contributed by atoms with Gasteiger partial charge in [0.15, 0.2) is 0 Å². The highest BCUT2D eigenvalue weighted by molar-refractivity contribution is 7.09. The molecule has 0 bridgehead atoms. The van der Waals surface area contributed by atoms with Crippen LogP contribution in [0.1, 0.15) is 89.9 Å². The van der Waals surface area contributed by atoms with Crippen molar-refractivity contribution in [2.45, 2.75) is 104 Å². The molecule has 0 spiro atoms. The van der Waals surface area contributed by atoms with Crippen LogP contribution in [0.25, 0.3) is 0 Å². The van der Waals surface area contributed by atoms with Gasteiger partial charge in [-0.3, -0.25) is 9.69 Å². The van der Waals surface area contributed by atoms with E-state index in [0.717, 1.165) is 30.1 Å². The molecule has 2 fully saturated rings. The van der Waals surface area contributed by atoms with Crippen molar-refractivity contribution in [3.8, 4) is 0 Å². The number of piperidine rings is 1. The predicted molar refractivity (Wildman–Crippen MR) is 119 cm³/mol. The summed E-state index contributed by atoms with van der Waals surface area (Å²) < 4.78 is 5.71. The molecule has 6 heteroatoms. The lowest BCUT2D eigenvalue weighted by Crippen LogP contribution is -2.57. The summed E-state index contributed by atoms with van der Waals surface area (Å²) in [5, 5.41) is 6.52. The van der Waals surface area contributed by atoms with Gasteiger partial charge in [0.2, 0.25) is 5.91 Å². The number of ether oxygens (including phenoxy) is 1. The van der Waals surface area contributed by atoms with Gasteiger partial charge < -0.3 is 10.1 Å². The molecule has 0 radical (unpaired) electrons. The van der Waals surface area contributed by atoms with Crippen molar-refractivity contribution in [1.82, 2.24) is 15.2 Å². The molecular formula is C23H39N3O2S. The predicted octanol–water partition coefficient (Wildman–Crippen LogP) is 4.92. The molecule has 1 aliphatic carbocycles. The second-order valence-corrected chi connectivity index (χ2v) is 9.86. The molecule has 2 heterocycles. The quantitative estimate of drug-likeness (QED) is 0.647. The Kier molecular flexibility index (Phi) is 8.11. The Morgan fingerprint density at radius 1 is 1.34 bits per heavy atom. The van der Waals surface area contributed by atoms with E-state index in [-0.39, 0.29) is 24.0 Å². The average Bonchev–Trinajstić information content (AvgIpc) is 3.18. The third-order valence-electron chi connectivity index (χ3n) is 6.90. The number of rotatable bonds is 8. The van der Waals surface area contributed by atoms with E-state index in [2.05, 4.69) is 43.3 Å². The van der Waals surface area contributed by atoms with E-state index in [1.807, 2.05) is 6.92 Å². The van der Waals surface area contributed by atoms with Gasteiger partial charge in [-0.2, -0.15) is 0 Å². The van der Waals surface area contributed by atoms with Gasteiger partial charge in [-0.15, -0.1) is 11.3 Å². The van der Waals surface area contributed by atoms with Crippen molar-refractivity contribution in [2.75, 3.05) is 6.61 Å². The minimum Gasteiger partial charge on any atom is -0.372 e. The summed E-state index contributed by atoms with van der Waals surface area (Å²) in [4.78, 5) is 20.5. The van der Waals surface area contributed by atoms with Crippen LogP contribution in [0.4, 0.5) is 0 Å². The number of aromatic nitrogens is 1. The lowest BCUT2D eigenvalue weighted by Gasteiger charge is -2.50. The summed E-state index contributed by atoms with van der Waals surface area (Å²) in [6.45, 7) is 12.2. The molecule has 1 aromatic rings. The number of hydrogen-bond acceptors (Lipinski definition) is 5. The van der Waals surface area contributed by atoms with E-state index >= 15 is 0 Å². The SMILES string of the molecule is CCOC(C)c1nc(CN2C(C)CC(C(=O)NC(C)CC)C3CCCCC32)cs1. The summed E-state index contributed by atoms with van der Waals surface area (Å²) in [7, 11) is 0. The minimum absolute atomic E-state index is 0.0635. The van der Waals surface area contributed by atoms with Crippen LogP contribution in [-0.2, 0) is 16.1 Å². The maximum atomic E-state index is 13.0. The summed E-state index contributed by atoms with van der Waals surface area (Å²) in [6.07, 6.45) is 6.91. The van der Waals surface area contributed by atoms with Crippen molar-refractivity contribution in [1.29, 1.82) is 0 Å². The number of carbonyl (C=O) groups excluding carboxylic acids is 1.